The van der Waals surface area contributed by atoms with E-state index in [1.165, 1.54) is 6.07 Å². The van der Waals surface area contributed by atoms with Crippen molar-refractivity contribution in [3.8, 4) is 0 Å². The minimum atomic E-state index is -0.388. The molecule has 0 aliphatic carbocycles. The van der Waals surface area contributed by atoms with Crippen molar-refractivity contribution in [2.24, 2.45) is 0 Å². The van der Waals surface area contributed by atoms with Crippen molar-refractivity contribution in [1.82, 2.24) is 0 Å². The number of rotatable bonds is 5. The van der Waals surface area contributed by atoms with Gasteiger partial charge in [0, 0.05) is 24.5 Å². The number of ketones is 1. The normalized spacial score (nSPS) is 10.1. The van der Waals surface area contributed by atoms with Gasteiger partial charge >= 0.3 is 0 Å². The summed E-state index contributed by atoms with van der Waals surface area (Å²) >= 11 is 0. The third-order valence-electron chi connectivity index (χ3n) is 2.68. The standard InChI is InChI=1S/C12H15NO3/c1-3-11(14)8-7-10-5-4-6-12(9(10)2)13(15)16/h4-6H,3,7-8H2,1-2H3. The van der Waals surface area contributed by atoms with Gasteiger partial charge in [-0.1, -0.05) is 19.1 Å². The number of hydrogen-bond donors (Lipinski definition) is 0. The molecule has 1 aromatic rings. The fourth-order valence-corrected chi connectivity index (χ4v) is 1.59. The Kier molecular flexibility index (Phi) is 4.17. The summed E-state index contributed by atoms with van der Waals surface area (Å²) < 4.78 is 0. The quantitative estimate of drug-likeness (QED) is 0.567. The zero-order valence-corrected chi connectivity index (χ0v) is 9.53. The Morgan fingerprint density at radius 1 is 1.44 bits per heavy atom. The zero-order valence-electron chi connectivity index (χ0n) is 9.53. The van der Waals surface area contributed by atoms with Crippen molar-refractivity contribution < 1.29 is 9.72 Å². The van der Waals surface area contributed by atoms with Crippen molar-refractivity contribution in [2.45, 2.75) is 33.1 Å². The van der Waals surface area contributed by atoms with E-state index in [1.54, 1.807) is 13.0 Å². The van der Waals surface area contributed by atoms with E-state index in [0.29, 0.717) is 24.8 Å². The molecule has 0 unspecified atom stereocenters. The molecule has 0 N–H and O–H groups in total. The van der Waals surface area contributed by atoms with E-state index in [1.807, 2.05) is 13.0 Å². The number of Topliss-reactive ketones (excluding diaryl/α,β-unsaturated/α-hetero) is 1. The highest BCUT2D eigenvalue weighted by Crippen LogP contribution is 2.22. The molecule has 0 heterocycles. The number of benzene rings is 1. The number of nitro benzene ring substituents is 1. The summed E-state index contributed by atoms with van der Waals surface area (Å²) in [6.07, 6.45) is 1.56. The molecule has 0 atom stereocenters. The smallest absolute Gasteiger partial charge is 0.272 e. The Bertz CT molecular complexity index is 413. The molecule has 0 radical (unpaired) electrons. The number of carbonyl (C=O) groups excluding carboxylic acids is 1. The van der Waals surface area contributed by atoms with Gasteiger partial charge in [-0.15, -0.1) is 0 Å². The lowest BCUT2D eigenvalue weighted by Crippen LogP contribution is -2.01. The van der Waals surface area contributed by atoms with Gasteiger partial charge in [-0.05, 0) is 18.9 Å². The first kappa shape index (κ1) is 12.4. The highest BCUT2D eigenvalue weighted by molar-refractivity contribution is 5.78. The van der Waals surface area contributed by atoms with Gasteiger partial charge in [0.25, 0.3) is 5.69 Å². The highest BCUT2D eigenvalue weighted by Gasteiger charge is 2.13. The molecule has 0 amide bonds. The summed E-state index contributed by atoms with van der Waals surface area (Å²) in [5, 5.41) is 10.7. The molecule has 86 valence electrons. The third-order valence-corrected chi connectivity index (χ3v) is 2.68. The minimum absolute atomic E-state index is 0.126. The monoisotopic (exact) mass is 221 g/mol. The van der Waals surface area contributed by atoms with Gasteiger partial charge in [-0.2, -0.15) is 0 Å². The van der Waals surface area contributed by atoms with Crippen LogP contribution in [0, 0.1) is 17.0 Å². The summed E-state index contributed by atoms with van der Waals surface area (Å²) in [5.41, 5.74) is 1.67. The van der Waals surface area contributed by atoms with Crippen molar-refractivity contribution >= 4 is 11.5 Å². The van der Waals surface area contributed by atoms with E-state index < -0.39 is 0 Å². The van der Waals surface area contributed by atoms with Crippen LogP contribution in [0.15, 0.2) is 18.2 Å². The van der Waals surface area contributed by atoms with E-state index in [0.717, 1.165) is 5.56 Å². The molecule has 1 rings (SSSR count). The SMILES string of the molecule is CCC(=O)CCc1cccc([N+](=O)[O-])c1C. The van der Waals surface area contributed by atoms with Crippen LogP contribution >= 0.6 is 0 Å². The molecule has 0 bridgehead atoms. The number of nitrogens with zero attached hydrogens (tertiary/aromatic N) is 1. The molecular formula is C12H15NO3. The fourth-order valence-electron chi connectivity index (χ4n) is 1.59. The highest BCUT2D eigenvalue weighted by atomic mass is 16.6. The minimum Gasteiger partial charge on any atom is -0.300 e. The predicted molar refractivity (Wildman–Crippen MR) is 61.5 cm³/mol. The van der Waals surface area contributed by atoms with Crippen LogP contribution < -0.4 is 0 Å². The van der Waals surface area contributed by atoms with E-state index in [9.17, 15) is 14.9 Å². The molecule has 1 aromatic carbocycles. The van der Waals surface area contributed by atoms with Crippen LogP contribution in [0.5, 0.6) is 0 Å². The van der Waals surface area contributed by atoms with Gasteiger partial charge < -0.3 is 0 Å². The van der Waals surface area contributed by atoms with Crippen LogP contribution in [0.3, 0.4) is 0 Å². The molecule has 4 nitrogen and oxygen atoms in total. The first-order chi connectivity index (χ1) is 7.56. The second-order valence-corrected chi connectivity index (χ2v) is 3.71. The fraction of sp³-hybridized carbons (Fsp3) is 0.417. The lowest BCUT2D eigenvalue weighted by molar-refractivity contribution is -0.385. The number of carbonyl (C=O) groups is 1. The van der Waals surface area contributed by atoms with E-state index in [-0.39, 0.29) is 16.4 Å². The van der Waals surface area contributed by atoms with E-state index in [4.69, 9.17) is 0 Å². The van der Waals surface area contributed by atoms with E-state index in [2.05, 4.69) is 0 Å². The maximum atomic E-state index is 11.2. The molecule has 16 heavy (non-hydrogen) atoms. The maximum absolute atomic E-state index is 11.2. The van der Waals surface area contributed by atoms with Crippen LogP contribution in [0.4, 0.5) is 5.69 Å². The van der Waals surface area contributed by atoms with Gasteiger partial charge in [-0.25, -0.2) is 0 Å². The molecule has 0 aliphatic rings. The van der Waals surface area contributed by atoms with E-state index >= 15 is 0 Å². The van der Waals surface area contributed by atoms with Crippen molar-refractivity contribution in [3.63, 3.8) is 0 Å². The largest absolute Gasteiger partial charge is 0.300 e. The predicted octanol–water partition coefficient (Wildman–Crippen LogP) is 2.81. The first-order valence-corrected chi connectivity index (χ1v) is 5.30. The van der Waals surface area contributed by atoms with Crippen LogP contribution in [0.1, 0.15) is 30.9 Å². The Morgan fingerprint density at radius 3 is 2.69 bits per heavy atom. The van der Waals surface area contributed by atoms with Gasteiger partial charge in [0.15, 0.2) is 0 Å². The van der Waals surface area contributed by atoms with Gasteiger partial charge in [0.2, 0.25) is 0 Å². The van der Waals surface area contributed by atoms with Crippen molar-refractivity contribution in [2.75, 3.05) is 0 Å². The van der Waals surface area contributed by atoms with Crippen LogP contribution in [0.2, 0.25) is 0 Å². The number of aryl methyl sites for hydroxylation is 1. The maximum Gasteiger partial charge on any atom is 0.272 e. The van der Waals surface area contributed by atoms with Gasteiger partial charge in [0.1, 0.15) is 5.78 Å². The summed E-state index contributed by atoms with van der Waals surface area (Å²) in [7, 11) is 0. The summed E-state index contributed by atoms with van der Waals surface area (Å²) in [6.45, 7) is 3.55. The molecule has 4 heteroatoms. The molecular weight excluding hydrogens is 206 g/mol. The Morgan fingerprint density at radius 2 is 2.12 bits per heavy atom. The average Bonchev–Trinajstić information content (AvgIpc) is 2.26. The Balaban J connectivity index is 2.85. The third kappa shape index (κ3) is 2.89. The van der Waals surface area contributed by atoms with Crippen molar-refractivity contribution in [3.05, 3.63) is 39.4 Å². The summed E-state index contributed by atoms with van der Waals surface area (Å²) in [5.74, 6) is 0.186. The molecule has 0 saturated heterocycles. The molecule has 0 saturated carbocycles. The molecule has 0 spiro atoms. The van der Waals surface area contributed by atoms with Crippen LogP contribution in [0.25, 0.3) is 0 Å². The average molecular weight is 221 g/mol. The number of hydrogen-bond acceptors (Lipinski definition) is 3. The molecule has 0 aliphatic heterocycles. The summed E-state index contributed by atoms with van der Waals surface area (Å²) in [4.78, 5) is 21.5. The summed E-state index contributed by atoms with van der Waals surface area (Å²) in [6, 6.07) is 4.99. The molecule has 0 aromatic heterocycles. The second kappa shape index (κ2) is 5.39. The molecule has 0 fully saturated rings. The van der Waals surface area contributed by atoms with Crippen LogP contribution in [-0.4, -0.2) is 10.7 Å². The van der Waals surface area contributed by atoms with Crippen molar-refractivity contribution in [1.29, 1.82) is 0 Å². The van der Waals surface area contributed by atoms with Crippen LogP contribution in [-0.2, 0) is 11.2 Å². The second-order valence-electron chi connectivity index (χ2n) is 3.71. The van der Waals surface area contributed by atoms with Gasteiger partial charge in [-0.3, -0.25) is 14.9 Å². The lowest BCUT2D eigenvalue weighted by atomic mass is 10.0. The Hall–Kier alpha value is -1.71. The topological polar surface area (TPSA) is 60.2 Å². The Labute approximate surface area is 94.4 Å². The lowest BCUT2D eigenvalue weighted by Gasteiger charge is -2.05. The van der Waals surface area contributed by atoms with Gasteiger partial charge in [0.05, 0.1) is 4.92 Å². The number of nitro groups is 1. The zero-order chi connectivity index (χ0) is 12.1. The first-order valence-electron chi connectivity index (χ1n) is 5.30.